The van der Waals surface area contributed by atoms with E-state index in [0.29, 0.717) is 11.5 Å². The minimum absolute atomic E-state index is 0.00361. The van der Waals surface area contributed by atoms with Crippen molar-refractivity contribution in [2.45, 2.75) is 19.4 Å². The van der Waals surface area contributed by atoms with Gasteiger partial charge in [-0.25, -0.2) is 10.2 Å². The molecule has 0 unspecified atom stereocenters. The Bertz CT molecular complexity index is 890. The van der Waals surface area contributed by atoms with Crippen molar-refractivity contribution in [3.63, 3.8) is 0 Å². The number of carbonyl (C=O) groups excluding carboxylic acids is 2. The van der Waals surface area contributed by atoms with Gasteiger partial charge < -0.3 is 19.5 Å². The SMILES string of the molecule is CCOC(=O)N[C@@H](CC(=O)N/N=C\c1cc(I)c(OC)c(OC)c1)c1ccccc1. The van der Waals surface area contributed by atoms with Gasteiger partial charge in [-0.05, 0) is 52.8 Å². The smallest absolute Gasteiger partial charge is 0.407 e. The Morgan fingerprint density at radius 2 is 1.90 bits per heavy atom. The molecule has 2 rings (SSSR count). The quantitative estimate of drug-likeness (QED) is 0.296. The molecule has 8 nitrogen and oxygen atoms in total. The van der Waals surface area contributed by atoms with E-state index >= 15 is 0 Å². The minimum Gasteiger partial charge on any atom is -0.493 e. The summed E-state index contributed by atoms with van der Waals surface area (Å²) in [5, 5.41) is 6.71. The van der Waals surface area contributed by atoms with Gasteiger partial charge in [0, 0.05) is 0 Å². The first-order chi connectivity index (χ1) is 14.5. The Morgan fingerprint density at radius 3 is 2.53 bits per heavy atom. The molecule has 9 heteroatoms. The molecule has 0 aromatic heterocycles. The molecule has 0 radical (unpaired) electrons. The second-order valence-corrected chi connectivity index (χ2v) is 7.23. The van der Waals surface area contributed by atoms with E-state index in [1.807, 2.05) is 36.4 Å². The fourth-order valence-electron chi connectivity index (χ4n) is 2.67. The number of rotatable bonds is 9. The summed E-state index contributed by atoms with van der Waals surface area (Å²) in [7, 11) is 3.12. The first-order valence-electron chi connectivity index (χ1n) is 9.20. The summed E-state index contributed by atoms with van der Waals surface area (Å²) in [6.07, 6.45) is 0.935. The van der Waals surface area contributed by atoms with Crippen LogP contribution in [0.2, 0.25) is 0 Å². The molecular formula is C21H24IN3O5. The summed E-state index contributed by atoms with van der Waals surface area (Å²) in [6.45, 7) is 1.96. The molecule has 30 heavy (non-hydrogen) atoms. The zero-order valence-electron chi connectivity index (χ0n) is 17.0. The van der Waals surface area contributed by atoms with Gasteiger partial charge in [0.2, 0.25) is 5.91 Å². The zero-order chi connectivity index (χ0) is 21.9. The second-order valence-electron chi connectivity index (χ2n) is 6.06. The molecule has 0 aliphatic carbocycles. The predicted octanol–water partition coefficient (Wildman–Crippen LogP) is 3.64. The Kier molecular flexibility index (Phi) is 9.39. The molecule has 2 aromatic carbocycles. The highest BCUT2D eigenvalue weighted by molar-refractivity contribution is 14.1. The maximum Gasteiger partial charge on any atom is 0.407 e. The summed E-state index contributed by atoms with van der Waals surface area (Å²) in [6, 6.07) is 12.3. The van der Waals surface area contributed by atoms with Crippen LogP contribution in [-0.2, 0) is 9.53 Å². The van der Waals surface area contributed by atoms with Crippen LogP contribution in [0.1, 0.15) is 30.5 Å². The average molecular weight is 525 g/mol. The van der Waals surface area contributed by atoms with Gasteiger partial charge in [0.25, 0.3) is 0 Å². The monoisotopic (exact) mass is 525 g/mol. The summed E-state index contributed by atoms with van der Waals surface area (Å²) < 4.78 is 16.4. The lowest BCUT2D eigenvalue weighted by molar-refractivity contribution is -0.121. The first-order valence-corrected chi connectivity index (χ1v) is 10.3. The molecule has 0 spiro atoms. The Labute approximate surface area is 189 Å². The predicted molar refractivity (Wildman–Crippen MR) is 122 cm³/mol. The molecule has 0 aliphatic heterocycles. The Hall–Kier alpha value is -2.82. The number of halogens is 1. The van der Waals surface area contributed by atoms with E-state index in [4.69, 9.17) is 14.2 Å². The number of methoxy groups -OCH3 is 2. The highest BCUT2D eigenvalue weighted by Crippen LogP contribution is 2.33. The molecule has 0 bridgehead atoms. The Balaban J connectivity index is 2.05. The highest BCUT2D eigenvalue weighted by atomic mass is 127. The number of alkyl carbamates (subject to hydrolysis) is 1. The van der Waals surface area contributed by atoms with Gasteiger partial charge in [0.05, 0.1) is 43.1 Å². The number of benzene rings is 2. The number of nitrogens with one attached hydrogen (secondary N) is 2. The van der Waals surface area contributed by atoms with Crippen LogP contribution < -0.4 is 20.2 Å². The van der Waals surface area contributed by atoms with Gasteiger partial charge in [-0.3, -0.25) is 4.79 Å². The first kappa shape index (κ1) is 23.5. The van der Waals surface area contributed by atoms with E-state index < -0.39 is 12.1 Å². The number of carbonyl (C=O) groups is 2. The van der Waals surface area contributed by atoms with Crippen LogP contribution in [0, 0.1) is 3.57 Å². The van der Waals surface area contributed by atoms with Gasteiger partial charge in [-0.1, -0.05) is 30.3 Å². The van der Waals surface area contributed by atoms with E-state index in [1.54, 1.807) is 27.2 Å². The van der Waals surface area contributed by atoms with E-state index in [2.05, 4.69) is 38.4 Å². The van der Waals surface area contributed by atoms with Crippen molar-refractivity contribution in [3.8, 4) is 11.5 Å². The lowest BCUT2D eigenvalue weighted by Gasteiger charge is -2.18. The number of hydrogen-bond acceptors (Lipinski definition) is 6. The van der Waals surface area contributed by atoms with Crippen molar-refractivity contribution in [1.82, 2.24) is 10.7 Å². The average Bonchev–Trinajstić information content (AvgIpc) is 2.73. The highest BCUT2D eigenvalue weighted by Gasteiger charge is 2.18. The fraction of sp³-hybridized carbons (Fsp3) is 0.286. The maximum absolute atomic E-state index is 12.4. The largest absolute Gasteiger partial charge is 0.493 e. The molecule has 0 aliphatic rings. The van der Waals surface area contributed by atoms with Gasteiger partial charge in [0.1, 0.15) is 0 Å². The van der Waals surface area contributed by atoms with Crippen molar-refractivity contribution >= 4 is 40.8 Å². The molecule has 2 amide bonds. The van der Waals surface area contributed by atoms with E-state index in [0.717, 1.165) is 14.7 Å². The summed E-state index contributed by atoms with van der Waals surface area (Å²) in [5.74, 6) is 0.849. The standard InChI is InChI=1S/C21H24IN3O5/c1-4-30-21(27)24-17(15-8-6-5-7-9-15)12-19(26)25-23-13-14-10-16(22)20(29-3)18(11-14)28-2/h5-11,13,17H,4,12H2,1-3H3,(H,24,27)(H,25,26)/b23-13-/t17-/m0/s1. The van der Waals surface area contributed by atoms with Gasteiger partial charge in [0.15, 0.2) is 11.5 Å². The van der Waals surface area contributed by atoms with Crippen molar-refractivity contribution in [2.24, 2.45) is 5.10 Å². The van der Waals surface area contributed by atoms with Gasteiger partial charge >= 0.3 is 6.09 Å². The molecule has 0 saturated heterocycles. The molecule has 0 heterocycles. The molecule has 0 fully saturated rings. The third-order valence-corrected chi connectivity index (χ3v) is 4.82. The summed E-state index contributed by atoms with van der Waals surface area (Å²) >= 11 is 2.13. The molecule has 2 N–H and O–H groups in total. The molecule has 2 aromatic rings. The van der Waals surface area contributed by atoms with E-state index in [-0.39, 0.29) is 18.9 Å². The number of hydrazone groups is 1. The van der Waals surface area contributed by atoms with Crippen LogP contribution in [0.5, 0.6) is 11.5 Å². The molecule has 160 valence electrons. The van der Waals surface area contributed by atoms with Crippen molar-refractivity contribution in [1.29, 1.82) is 0 Å². The van der Waals surface area contributed by atoms with Crippen LogP contribution >= 0.6 is 22.6 Å². The Morgan fingerprint density at radius 1 is 1.17 bits per heavy atom. The summed E-state index contributed by atoms with van der Waals surface area (Å²) in [4.78, 5) is 24.2. The number of ether oxygens (including phenoxy) is 3. The minimum atomic E-state index is -0.581. The third kappa shape index (κ3) is 6.90. The summed E-state index contributed by atoms with van der Waals surface area (Å²) in [5.41, 5.74) is 4.01. The molecule has 0 saturated carbocycles. The van der Waals surface area contributed by atoms with Crippen LogP contribution in [0.15, 0.2) is 47.6 Å². The van der Waals surface area contributed by atoms with Crippen LogP contribution in [0.4, 0.5) is 4.79 Å². The normalized spacial score (nSPS) is 11.6. The molecule has 1 atom stereocenters. The van der Waals surface area contributed by atoms with Crippen LogP contribution in [-0.4, -0.2) is 39.0 Å². The van der Waals surface area contributed by atoms with Crippen molar-refractivity contribution in [2.75, 3.05) is 20.8 Å². The fourth-order valence-corrected chi connectivity index (χ4v) is 3.52. The van der Waals surface area contributed by atoms with Crippen molar-refractivity contribution in [3.05, 3.63) is 57.2 Å². The van der Waals surface area contributed by atoms with Gasteiger partial charge in [-0.15, -0.1) is 0 Å². The molecular weight excluding hydrogens is 501 g/mol. The van der Waals surface area contributed by atoms with Gasteiger partial charge in [-0.2, -0.15) is 5.10 Å². The number of amides is 2. The third-order valence-electron chi connectivity index (χ3n) is 4.02. The van der Waals surface area contributed by atoms with Crippen LogP contribution in [0.3, 0.4) is 0 Å². The zero-order valence-corrected chi connectivity index (χ0v) is 19.1. The maximum atomic E-state index is 12.4. The van der Waals surface area contributed by atoms with Crippen LogP contribution in [0.25, 0.3) is 0 Å². The van der Waals surface area contributed by atoms with E-state index in [9.17, 15) is 9.59 Å². The lowest BCUT2D eigenvalue weighted by atomic mass is 10.0. The number of hydrogen-bond donors (Lipinski definition) is 2. The second kappa shape index (κ2) is 12.0. The topological polar surface area (TPSA) is 98.2 Å². The van der Waals surface area contributed by atoms with Crippen molar-refractivity contribution < 1.29 is 23.8 Å². The lowest BCUT2D eigenvalue weighted by Crippen LogP contribution is -2.33. The van der Waals surface area contributed by atoms with E-state index in [1.165, 1.54) is 6.21 Å². The number of nitrogens with zero attached hydrogens (tertiary/aromatic N) is 1.